The third-order valence-corrected chi connectivity index (χ3v) is 4.65. The fraction of sp³-hybridized carbons (Fsp3) is 0.611. The summed E-state index contributed by atoms with van der Waals surface area (Å²) in [6, 6.07) is 8.01. The highest BCUT2D eigenvalue weighted by Crippen LogP contribution is 2.19. The van der Waals surface area contributed by atoms with Gasteiger partial charge >= 0.3 is 0 Å². The maximum atomic E-state index is 12.7. The number of nitrogens with two attached hydrogens (primary N) is 1. The maximum Gasteiger partial charge on any atom is 0.227 e. The van der Waals surface area contributed by atoms with Crippen molar-refractivity contribution >= 4 is 11.6 Å². The molecule has 1 saturated heterocycles. The molecule has 1 heterocycles. The van der Waals surface area contributed by atoms with E-state index in [4.69, 9.17) is 5.73 Å². The van der Waals surface area contributed by atoms with Crippen LogP contribution in [0, 0.1) is 0 Å². The van der Waals surface area contributed by atoms with Gasteiger partial charge < -0.3 is 15.5 Å². The molecule has 0 aliphatic carbocycles. The van der Waals surface area contributed by atoms with Crippen LogP contribution in [0.4, 0.5) is 5.69 Å². The van der Waals surface area contributed by atoms with Crippen LogP contribution in [0.15, 0.2) is 24.3 Å². The number of hydrogen-bond donors (Lipinski definition) is 1. The predicted octanol–water partition coefficient (Wildman–Crippen LogP) is 2.53. The Kier molecular flexibility index (Phi) is 6.25. The Morgan fingerprint density at radius 1 is 1.23 bits per heavy atom. The molecule has 2 N–H and O–H groups in total. The van der Waals surface area contributed by atoms with Gasteiger partial charge in [0.1, 0.15) is 0 Å². The predicted molar refractivity (Wildman–Crippen MR) is 91.7 cm³/mol. The first-order chi connectivity index (χ1) is 10.6. The van der Waals surface area contributed by atoms with Gasteiger partial charge in [-0.05, 0) is 50.0 Å². The van der Waals surface area contributed by atoms with Crippen LogP contribution in [0.3, 0.4) is 0 Å². The summed E-state index contributed by atoms with van der Waals surface area (Å²) < 4.78 is 0. The number of rotatable bonds is 6. The zero-order chi connectivity index (χ0) is 15.9. The van der Waals surface area contributed by atoms with Gasteiger partial charge in [-0.2, -0.15) is 0 Å². The van der Waals surface area contributed by atoms with E-state index in [0.29, 0.717) is 12.5 Å². The highest BCUT2D eigenvalue weighted by molar-refractivity contribution is 5.79. The van der Waals surface area contributed by atoms with E-state index in [1.54, 1.807) is 0 Å². The molecule has 4 heteroatoms. The molecular formula is C18H29N3O. The Morgan fingerprint density at radius 2 is 1.91 bits per heavy atom. The van der Waals surface area contributed by atoms with E-state index in [1.807, 2.05) is 24.3 Å². The number of carbonyl (C=O) groups excluding carboxylic acids is 1. The summed E-state index contributed by atoms with van der Waals surface area (Å²) in [6.07, 6.45) is 3.97. The van der Waals surface area contributed by atoms with Gasteiger partial charge in [0.15, 0.2) is 0 Å². The van der Waals surface area contributed by atoms with Crippen molar-refractivity contribution in [3.8, 4) is 0 Å². The lowest BCUT2D eigenvalue weighted by Crippen LogP contribution is -2.50. The fourth-order valence-corrected chi connectivity index (χ4v) is 3.21. The van der Waals surface area contributed by atoms with E-state index in [1.165, 1.54) is 6.42 Å². The molecule has 1 amide bonds. The van der Waals surface area contributed by atoms with Gasteiger partial charge in [0.25, 0.3) is 0 Å². The second kappa shape index (κ2) is 8.18. The van der Waals surface area contributed by atoms with Crippen LogP contribution in [0.25, 0.3) is 0 Å². The number of benzene rings is 1. The Balaban J connectivity index is 1.99. The first kappa shape index (κ1) is 16.8. The van der Waals surface area contributed by atoms with Crippen molar-refractivity contribution in [2.75, 3.05) is 31.9 Å². The standard InChI is InChI=1S/C18H29N3O/c1-3-20(4-2)14-17-7-5-6-12-21(17)18(22)13-15-8-10-16(19)11-9-15/h8-11,17H,3-7,12-14,19H2,1-2H3. The normalized spacial score (nSPS) is 18.7. The van der Waals surface area contributed by atoms with Crippen molar-refractivity contribution in [1.29, 1.82) is 0 Å². The zero-order valence-corrected chi connectivity index (χ0v) is 13.9. The molecular weight excluding hydrogens is 274 g/mol. The third kappa shape index (κ3) is 4.47. The average Bonchev–Trinajstić information content (AvgIpc) is 2.55. The van der Waals surface area contributed by atoms with Gasteiger partial charge in [0.2, 0.25) is 5.91 Å². The lowest BCUT2D eigenvalue weighted by molar-refractivity contribution is -0.134. The topological polar surface area (TPSA) is 49.6 Å². The van der Waals surface area contributed by atoms with E-state index in [0.717, 1.165) is 50.3 Å². The van der Waals surface area contributed by atoms with Crippen LogP contribution in [0.1, 0.15) is 38.7 Å². The van der Waals surface area contributed by atoms with Crippen molar-refractivity contribution < 1.29 is 4.79 Å². The molecule has 1 aliphatic rings. The number of amides is 1. The number of nitrogens with zero attached hydrogens (tertiary/aromatic N) is 2. The van der Waals surface area contributed by atoms with Crippen LogP contribution in [-0.4, -0.2) is 47.9 Å². The van der Waals surface area contributed by atoms with Crippen molar-refractivity contribution in [3.63, 3.8) is 0 Å². The molecule has 0 saturated carbocycles. The summed E-state index contributed by atoms with van der Waals surface area (Å²) in [6.45, 7) is 8.37. The molecule has 22 heavy (non-hydrogen) atoms. The summed E-state index contributed by atoms with van der Waals surface area (Å²) in [7, 11) is 0. The van der Waals surface area contributed by atoms with Crippen molar-refractivity contribution in [3.05, 3.63) is 29.8 Å². The Morgan fingerprint density at radius 3 is 2.55 bits per heavy atom. The van der Waals surface area contributed by atoms with E-state index < -0.39 is 0 Å². The smallest absolute Gasteiger partial charge is 0.227 e. The summed E-state index contributed by atoms with van der Waals surface area (Å²) in [5, 5.41) is 0. The SMILES string of the molecule is CCN(CC)CC1CCCCN1C(=O)Cc1ccc(N)cc1. The first-order valence-corrected chi connectivity index (χ1v) is 8.50. The Hall–Kier alpha value is -1.55. The lowest BCUT2D eigenvalue weighted by Gasteiger charge is -2.38. The van der Waals surface area contributed by atoms with Crippen molar-refractivity contribution in [1.82, 2.24) is 9.80 Å². The molecule has 1 aliphatic heterocycles. The van der Waals surface area contributed by atoms with Gasteiger partial charge in [-0.3, -0.25) is 4.79 Å². The number of likely N-dealkylation sites (N-methyl/N-ethyl adjacent to an activating group) is 1. The highest BCUT2D eigenvalue weighted by atomic mass is 16.2. The van der Waals surface area contributed by atoms with Crippen LogP contribution >= 0.6 is 0 Å². The molecule has 4 nitrogen and oxygen atoms in total. The van der Waals surface area contributed by atoms with Crippen LogP contribution in [0.2, 0.25) is 0 Å². The molecule has 1 unspecified atom stereocenters. The van der Waals surface area contributed by atoms with Gasteiger partial charge in [0, 0.05) is 24.8 Å². The number of piperidine rings is 1. The number of nitrogen functional groups attached to an aromatic ring is 1. The van der Waals surface area contributed by atoms with E-state index in [2.05, 4.69) is 23.6 Å². The molecule has 1 atom stereocenters. The van der Waals surface area contributed by atoms with Crippen LogP contribution in [-0.2, 0) is 11.2 Å². The lowest BCUT2D eigenvalue weighted by atomic mass is 10.00. The van der Waals surface area contributed by atoms with Gasteiger partial charge in [-0.1, -0.05) is 26.0 Å². The molecule has 122 valence electrons. The quantitative estimate of drug-likeness (QED) is 0.822. The summed E-state index contributed by atoms with van der Waals surface area (Å²) in [5.41, 5.74) is 7.50. The van der Waals surface area contributed by atoms with Gasteiger partial charge in [-0.25, -0.2) is 0 Å². The number of likely N-dealkylation sites (tertiary alicyclic amines) is 1. The number of hydrogen-bond acceptors (Lipinski definition) is 3. The van der Waals surface area contributed by atoms with E-state index in [9.17, 15) is 4.79 Å². The molecule has 1 fully saturated rings. The summed E-state index contributed by atoms with van der Waals surface area (Å²) >= 11 is 0. The second-order valence-electron chi connectivity index (χ2n) is 6.14. The van der Waals surface area contributed by atoms with Crippen molar-refractivity contribution in [2.45, 2.75) is 45.6 Å². The van der Waals surface area contributed by atoms with Crippen LogP contribution < -0.4 is 5.73 Å². The Bertz CT molecular complexity index is 468. The fourth-order valence-electron chi connectivity index (χ4n) is 3.21. The molecule has 2 rings (SSSR count). The second-order valence-corrected chi connectivity index (χ2v) is 6.14. The van der Waals surface area contributed by atoms with Crippen molar-refractivity contribution in [2.24, 2.45) is 0 Å². The largest absolute Gasteiger partial charge is 0.399 e. The number of anilines is 1. The minimum absolute atomic E-state index is 0.252. The number of carbonyl (C=O) groups is 1. The van der Waals surface area contributed by atoms with Gasteiger partial charge in [-0.15, -0.1) is 0 Å². The molecule has 0 radical (unpaired) electrons. The molecule has 0 spiro atoms. The van der Waals surface area contributed by atoms with Gasteiger partial charge in [0.05, 0.1) is 6.42 Å². The van der Waals surface area contributed by atoms with E-state index >= 15 is 0 Å². The first-order valence-electron chi connectivity index (χ1n) is 8.50. The Labute approximate surface area is 134 Å². The summed E-state index contributed by atoms with van der Waals surface area (Å²) in [5.74, 6) is 0.252. The summed E-state index contributed by atoms with van der Waals surface area (Å²) in [4.78, 5) is 17.2. The van der Waals surface area contributed by atoms with Crippen LogP contribution in [0.5, 0.6) is 0 Å². The minimum atomic E-state index is 0.252. The maximum absolute atomic E-state index is 12.7. The minimum Gasteiger partial charge on any atom is -0.399 e. The average molecular weight is 303 g/mol. The molecule has 0 aromatic heterocycles. The zero-order valence-electron chi connectivity index (χ0n) is 13.9. The highest BCUT2D eigenvalue weighted by Gasteiger charge is 2.27. The molecule has 0 bridgehead atoms. The van der Waals surface area contributed by atoms with E-state index in [-0.39, 0.29) is 5.91 Å². The monoisotopic (exact) mass is 303 g/mol. The molecule has 1 aromatic carbocycles. The third-order valence-electron chi connectivity index (χ3n) is 4.65. The molecule has 1 aromatic rings.